The van der Waals surface area contributed by atoms with Gasteiger partial charge in [0.25, 0.3) is 0 Å². The molecule has 88 valence electrons. The van der Waals surface area contributed by atoms with Crippen LogP contribution >= 0.6 is 0 Å². The molecule has 0 amide bonds. The van der Waals surface area contributed by atoms with E-state index < -0.39 is 6.04 Å². The van der Waals surface area contributed by atoms with Crippen LogP contribution in [0.15, 0.2) is 0 Å². The van der Waals surface area contributed by atoms with Crippen molar-refractivity contribution in [2.24, 2.45) is 11.7 Å². The first-order valence-corrected chi connectivity index (χ1v) is 5.41. The molecule has 4 heteroatoms. The van der Waals surface area contributed by atoms with Crippen LogP contribution in [0.25, 0.3) is 0 Å². The molecule has 15 heavy (non-hydrogen) atoms. The predicted octanol–water partition coefficient (Wildman–Crippen LogP) is 1.27. The molecule has 0 aromatic heterocycles. The highest BCUT2D eigenvalue weighted by atomic mass is 16.5. The Bertz CT molecular complexity index is 214. The number of ether oxygens (including phenoxy) is 1. The van der Waals surface area contributed by atoms with Crippen molar-refractivity contribution >= 4 is 11.8 Å². The molecule has 0 aliphatic rings. The van der Waals surface area contributed by atoms with E-state index in [4.69, 9.17) is 10.5 Å². The molecule has 0 aromatic rings. The number of nitrogens with two attached hydrogens (primary N) is 1. The van der Waals surface area contributed by atoms with E-state index in [1.807, 2.05) is 13.8 Å². The van der Waals surface area contributed by atoms with E-state index in [1.54, 1.807) is 6.92 Å². The zero-order chi connectivity index (χ0) is 11.8. The average Bonchev–Trinajstić information content (AvgIpc) is 2.13. The lowest BCUT2D eigenvalue weighted by atomic mass is 9.99. The van der Waals surface area contributed by atoms with Gasteiger partial charge in [-0.25, -0.2) is 0 Å². The van der Waals surface area contributed by atoms with Crippen LogP contribution in [0.3, 0.4) is 0 Å². The van der Waals surface area contributed by atoms with Crippen molar-refractivity contribution in [3.63, 3.8) is 0 Å². The van der Waals surface area contributed by atoms with Crippen molar-refractivity contribution in [2.75, 3.05) is 6.61 Å². The SMILES string of the molecule is CCOC(=O)CCC(=O)C(N)CC(C)C. The Morgan fingerprint density at radius 3 is 2.33 bits per heavy atom. The molecule has 0 fully saturated rings. The second-order valence-electron chi connectivity index (χ2n) is 4.01. The van der Waals surface area contributed by atoms with Gasteiger partial charge in [0.2, 0.25) is 0 Å². The molecule has 1 atom stereocenters. The van der Waals surface area contributed by atoms with E-state index in [0.717, 1.165) is 0 Å². The van der Waals surface area contributed by atoms with Crippen molar-refractivity contribution in [1.29, 1.82) is 0 Å². The monoisotopic (exact) mass is 215 g/mol. The van der Waals surface area contributed by atoms with Crippen molar-refractivity contribution < 1.29 is 14.3 Å². The van der Waals surface area contributed by atoms with E-state index in [0.29, 0.717) is 18.9 Å². The third-order valence-electron chi connectivity index (χ3n) is 2.02. The van der Waals surface area contributed by atoms with E-state index in [2.05, 4.69) is 0 Å². The molecule has 0 aliphatic carbocycles. The Kier molecular flexibility index (Phi) is 6.96. The molecule has 0 spiro atoms. The molecule has 0 saturated heterocycles. The van der Waals surface area contributed by atoms with Gasteiger partial charge < -0.3 is 10.5 Å². The zero-order valence-corrected chi connectivity index (χ0v) is 9.79. The fourth-order valence-corrected chi connectivity index (χ4v) is 1.28. The van der Waals surface area contributed by atoms with Gasteiger partial charge in [-0.1, -0.05) is 13.8 Å². The maximum absolute atomic E-state index is 11.5. The fraction of sp³-hybridized carbons (Fsp3) is 0.818. The van der Waals surface area contributed by atoms with Crippen molar-refractivity contribution in [3.05, 3.63) is 0 Å². The third-order valence-corrected chi connectivity index (χ3v) is 2.02. The molecule has 0 bridgehead atoms. The van der Waals surface area contributed by atoms with Crippen LogP contribution in [0.2, 0.25) is 0 Å². The van der Waals surface area contributed by atoms with Crippen LogP contribution in [0.5, 0.6) is 0 Å². The minimum atomic E-state index is -0.445. The smallest absolute Gasteiger partial charge is 0.306 e. The Balaban J connectivity index is 3.78. The standard InChI is InChI=1S/C11H21NO3/c1-4-15-11(14)6-5-10(13)9(12)7-8(2)3/h8-9H,4-7,12H2,1-3H3. The highest BCUT2D eigenvalue weighted by molar-refractivity contribution is 5.86. The zero-order valence-electron chi connectivity index (χ0n) is 9.79. The van der Waals surface area contributed by atoms with Crippen LogP contribution in [0, 0.1) is 5.92 Å². The van der Waals surface area contributed by atoms with Crippen LogP contribution in [-0.4, -0.2) is 24.4 Å². The van der Waals surface area contributed by atoms with E-state index in [1.165, 1.54) is 0 Å². The summed E-state index contributed by atoms with van der Waals surface area (Å²) >= 11 is 0. The van der Waals surface area contributed by atoms with Gasteiger partial charge in [-0.05, 0) is 19.3 Å². The van der Waals surface area contributed by atoms with Gasteiger partial charge in [-0.15, -0.1) is 0 Å². The lowest BCUT2D eigenvalue weighted by molar-refractivity contribution is -0.144. The number of Topliss-reactive ketones (excluding diaryl/α,β-unsaturated/α-hetero) is 1. The Hall–Kier alpha value is -0.900. The molecule has 0 aromatic carbocycles. The minimum Gasteiger partial charge on any atom is -0.466 e. The van der Waals surface area contributed by atoms with E-state index in [-0.39, 0.29) is 24.6 Å². The highest BCUT2D eigenvalue weighted by Crippen LogP contribution is 2.06. The number of esters is 1. The molecule has 4 nitrogen and oxygen atoms in total. The van der Waals surface area contributed by atoms with Crippen molar-refractivity contribution in [2.45, 2.75) is 46.1 Å². The van der Waals surface area contributed by atoms with Crippen LogP contribution in [-0.2, 0) is 14.3 Å². The first kappa shape index (κ1) is 14.1. The fourth-order valence-electron chi connectivity index (χ4n) is 1.28. The first-order chi connectivity index (χ1) is 6.97. The molecular formula is C11H21NO3. The largest absolute Gasteiger partial charge is 0.466 e. The van der Waals surface area contributed by atoms with Crippen LogP contribution in [0.1, 0.15) is 40.0 Å². The summed E-state index contributed by atoms with van der Waals surface area (Å²) in [5.74, 6) is 0.00546. The summed E-state index contributed by atoms with van der Waals surface area (Å²) in [5, 5.41) is 0. The third kappa shape index (κ3) is 7.08. The second kappa shape index (κ2) is 7.40. The summed E-state index contributed by atoms with van der Waals surface area (Å²) < 4.78 is 4.72. The van der Waals surface area contributed by atoms with Gasteiger partial charge in [-0.3, -0.25) is 9.59 Å². The second-order valence-corrected chi connectivity index (χ2v) is 4.01. The number of hydrogen-bond acceptors (Lipinski definition) is 4. The summed E-state index contributed by atoms with van der Waals surface area (Å²) in [5.41, 5.74) is 5.68. The summed E-state index contributed by atoms with van der Waals surface area (Å²) in [6, 6.07) is -0.445. The molecular weight excluding hydrogens is 194 g/mol. The normalized spacial score (nSPS) is 12.6. The summed E-state index contributed by atoms with van der Waals surface area (Å²) in [6.07, 6.45) is 0.993. The summed E-state index contributed by atoms with van der Waals surface area (Å²) in [6.45, 7) is 6.12. The van der Waals surface area contributed by atoms with Crippen LogP contribution in [0.4, 0.5) is 0 Å². The topological polar surface area (TPSA) is 69.4 Å². The molecule has 0 rings (SSSR count). The number of hydrogen-bond donors (Lipinski definition) is 1. The lowest BCUT2D eigenvalue weighted by Crippen LogP contribution is -2.32. The molecule has 1 unspecified atom stereocenters. The van der Waals surface area contributed by atoms with E-state index in [9.17, 15) is 9.59 Å². The molecule has 0 aliphatic heterocycles. The van der Waals surface area contributed by atoms with Gasteiger partial charge in [0.1, 0.15) is 5.78 Å². The van der Waals surface area contributed by atoms with E-state index >= 15 is 0 Å². The summed E-state index contributed by atoms with van der Waals surface area (Å²) in [4.78, 5) is 22.4. The number of carbonyl (C=O) groups excluding carboxylic acids is 2. The minimum absolute atomic E-state index is 0.0586. The Morgan fingerprint density at radius 1 is 1.27 bits per heavy atom. The predicted molar refractivity (Wildman–Crippen MR) is 58.3 cm³/mol. The maximum atomic E-state index is 11.5. The van der Waals surface area contributed by atoms with Crippen molar-refractivity contribution in [3.8, 4) is 0 Å². The number of carbonyl (C=O) groups is 2. The number of ketones is 1. The quantitative estimate of drug-likeness (QED) is 0.649. The maximum Gasteiger partial charge on any atom is 0.306 e. The first-order valence-electron chi connectivity index (χ1n) is 5.41. The molecule has 2 N–H and O–H groups in total. The molecule has 0 saturated carbocycles. The Labute approximate surface area is 91.2 Å². The molecule has 0 heterocycles. The highest BCUT2D eigenvalue weighted by Gasteiger charge is 2.16. The lowest BCUT2D eigenvalue weighted by Gasteiger charge is -2.12. The van der Waals surface area contributed by atoms with Gasteiger partial charge in [0.05, 0.1) is 19.1 Å². The van der Waals surface area contributed by atoms with Crippen molar-refractivity contribution in [1.82, 2.24) is 0 Å². The Morgan fingerprint density at radius 2 is 1.87 bits per heavy atom. The van der Waals surface area contributed by atoms with Crippen LogP contribution < -0.4 is 5.73 Å². The average molecular weight is 215 g/mol. The van der Waals surface area contributed by atoms with Gasteiger partial charge in [0.15, 0.2) is 0 Å². The van der Waals surface area contributed by atoms with Gasteiger partial charge in [-0.2, -0.15) is 0 Å². The van der Waals surface area contributed by atoms with Gasteiger partial charge >= 0.3 is 5.97 Å². The summed E-state index contributed by atoms with van der Waals surface area (Å²) in [7, 11) is 0. The van der Waals surface area contributed by atoms with Gasteiger partial charge in [0, 0.05) is 6.42 Å². The molecule has 0 radical (unpaired) electrons. The number of rotatable bonds is 7.